The van der Waals surface area contributed by atoms with E-state index in [1.807, 2.05) is 20.8 Å². The first-order chi connectivity index (χ1) is 8.13. The third-order valence-electron chi connectivity index (χ3n) is 2.47. The quantitative estimate of drug-likeness (QED) is 0.846. The Morgan fingerprint density at radius 3 is 2.11 bits per heavy atom. The lowest BCUT2D eigenvalue weighted by Crippen LogP contribution is -2.33. The second-order valence-corrected chi connectivity index (χ2v) is 6.83. The summed E-state index contributed by atoms with van der Waals surface area (Å²) in [4.78, 5) is 10.7. The van der Waals surface area contributed by atoms with Crippen LogP contribution in [0.15, 0.2) is 29.2 Å². The lowest BCUT2D eigenvalue weighted by molar-refractivity contribution is -0.116. The average molecular weight is 270 g/mol. The van der Waals surface area contributed by atoms with Crippen molar-refractivity contribution >= 4 is 15.9 Å². The van der Waals surface area contributed by atoms with E-state index in [2.05, 4.69) is 4.72 Å². The van der Waals surface area contributed by atoms with Crippen LogP contribution in [0.4, 0.5) is 0 Å². The van der Waals surface area contributed by atoms with Crippen molar-refractivity contribution in [3.8, 4) is 0 Å². The summed E-state index contributed by atoms with van der Waals surface area (Å²) in [5, 5.41) is 0. The predicted molar refractivity (Wildman–Crippen MR) is 69.5 cm³/mol. The predicted octanol–water partition coefficient (Wildman–Crippen LogP) is 0.748. The van der Waals surface area contributed by atoms with Gasteiger partial charge in [0.25, 0.3) is 0 Å². The monoisotopic (exact) mass is 270 g/mol. The number of nitrogens with one attached hydrogen (secondary N) is 1. The van der Waals surface area contributed by atoms with Gasteiger partial charge in [0.1, 0.15) is 0 Å². The van der Waals surface area contributed by atoms with Gasteiger partial charge in [0.15, 0.2) is 0 Å². The molecule has 0 spiro atoms. The Hall–Kier alpha value is -1.40. The first kappa shape index (κ1) is 14.7. The fraction of sp³-hybridized carbons (Fsp3) is 0.417. The highest BCUT2D eigenvalue weighted by molar-refractivity contribution is 7.89. The Balaban J connectivity index is 2.95. The smallest absolute Gasteiger partial charge is 0.241 e. The van der Waals surface area contributed by atoms with Crippen LogP contribution >= 0.6 is 0 Å². The van der Waals surface area contributed by atoms with Crippen LogP contribution in [-0.2, 0) is 20.2 Å². The van der Waals surface area contributed by atoms with Crippen LogP contribution in [0.2, 0.25) is 0 Å². The second kappa shape index (κ2) is 5.07. The Kier molecular flexibility index (Phi) is 4.13. The van der Waals surface area contributed by atoms with Gasteiger partial charge in [-0.05, 0) is 23.1 Å². The molecule has 1 aromatic carbocycles. The molecular weight excluding hydrogens is 252 g/mol. The van der Waals surface area contributed by atoms with Gasteiger partial charge in [-0.2, -0.15) is 0 Å². The number of carbonyl (C=O) groups excluding carboxylic acids is 1. The summed E-state index contributed by atoms with van der Waals surface area (Å²) >= 11 is 0. The molecule has 0 aliphatic carbocycles. The summed E-state index contributed by atoms with van der Waals surface area (Å²) in [6, 6.07) is 6.56. The summed E-state index contributed by atoms with van der Waals surface area (Å²) in [5.41, 5.74) is 5.89. The van der Waals surface area contributed by atoms with Crippen LogP contribution in [0.25, 0.3) is 0 Å². The maximum Gasteiger partial charge on any atom is 0.241 e. The lowest BCUT2D eigenvalue weighted by Gasteiger charge is -2.19. The molecule has 1 aromatic rings. The maximum atomic E-state index is 11.8. The van der Waals surface area contributed by atoms with E-state index in [-0.39, 0.29) is 10.3 Å². The van der Waals surface area contributed by atoms with Crippen LogP contribution in [0, 0.1) is 0 Å². The van der Waals surface area contributed by atoms with Crippen LogP contribution in [0.3, 0.4) is 0 Å². The van der Waals surface area contributed by atoms with Crippen LogP contribution in [0.1, 0.15) is 26.3 Å². The second-order valence-electron chi connectivity index (χ2n) is 5.07. The van der Waals surface area contributed by atoms with Crippen molar-refractivity contribution in [1.29, 1.82) is 0 Å². The molecule has 0 atom stereocenters. The average Bonchev–Trinajstić information content (AvgIpc) is 2.26. The first-order valence-corrected chi connectivity index (χ1v) is 7.00. The minimum Gasteiger partial charge on any atom is -0.369 e. The highest BCUT2D eigenvalue weighted by Gasteiger charge is 2.17. The maximum absolute atomic E-state index is 11.8. The molecule has 0 fully saturated rings. The van der Waals surface area contributed by atoms with Crippen molar-refractivity contribution < 1.29 is 13.2 Å². The zero-order valence-corrected chi connectivity index (χ0v) is 11.5. The number of benzene rings is 1. The van der Waals surface area contributed by atoms with Crippen molar-refractivity contribution in [2.24, 2.45) is 5.73 Å². The Morgan fingerprint density at radius 1 is 1.22 bits per heavy atom. The van der Waals surface area contributed by atoms with Crippen LogP contribution in [0.5, 0.6) is 0 Å². The van der Waals surface area contributed by atoms with Crippen molar-refractivity contribution in [3.05, 3.63) is 29.8 Å². The van der Waals surface area contributed by atoms with E-state index in [9.17, 15) is 13.2 Å². The Morgan fingerprint density at radius 2 is 1.72 bits per heavy atom. The molecule has 0 unspecified atom stereocenters. The molecule has 1 amide bonds. The summed E-state index contributed by atoms with van der Waals surface area (Å²) in [6.07, 6.45) is 0. The van der Waals surface area contributed by atoms with Gasteiger partial charge in [0, 0.05) is 0 Å². The molecule has 0 aliphatic heterocycles. The van der Waals surface area contributed by atoms with Crippen molar-refractivity contribution in [2.45, 2.75) is 31.1 Å². The number of rotatable bonds is 4. The fourth-order valence-electron chi connectivity index (χ4n) is 1.38. The third kappa shape index (κ3) is 3.82. The third-order valence-corrected chi connectivity index (χ3v) is 3.88. The molecule has 0 saturated carbocycles. The molecule has 6 heteroatoms. The number of carbonyl (C=O) groups is 1. The van der Waals surface area contributed by atoms with E-state index in [4.69, 9.17) is 5.73 Å². The van der Waals surface area contributed by atoms with E-state index >= 15 is 0 Å². The van der Waals surface area contributed by atoms with Gasteiger partial charge < -0.3 is 5.73 Å². The summed E-state index contributed by atoms with van der Waals surface area (Å²) in [5.74, 6) is -0.718. The van der Waals surface area contributed by atoms with Crippen molar-refractivity contribution in [2.75, 3.05) is 6.54 Å². The molecule has 0 saturated heterocycles. The number of nitrogens with two attached hydrogens (primary N) is 1. The van der Waals surface area contributed by atoms with Gasteiger partial charge in [0.2, 0.25) is 15.9 Å². The molecule has 0 bridgehead atoms. The van der Waals surface area contributed by atoms with Gasteiger partial charge in [-0.1, -0.05) is 32.9 Å². The molecular formula is C12H18N2O3S. The van der Waals surface area contributed by atoms with E-state index in [1.165, 1.54) is 12.1 Å². The van der Waals surface area contributed by atoms with Gasteiger partial charge in [-0.25, -0.2) is 13.1 Å². The number of sulfonamides is 1. The zero-order valence-electron chi connectivity index (χ0n) is 10.7. The van der Waals surface area contributed by atoms with Crippen molar-refractivity contribution in [1.82, 2.24) is 4.72 Å². The van der Waals surface area contributed by atoms with E-state index in [0.717, 1.165) is 5.56 Å². The first-order valence-electron chi connectivity index (χ1n) is 5.51. The summed E-state index contributed by atoms with van der Waals surface area (Å²) < 4.78 is 25.7. The van der Waals surface area contributed by atoms with Gasteiger partial charge >= 0.3 is 0 Å². The van der Waals surface area contributed by atoms with Crippen molar-refractivity contribution in [3.63, 3.8) is 0 Å². The number of hydrogen-bond donors (Lipinski definition) is 2. The SMILES string of the molecule is CC(C)(C)c1ccc(S(=O)(=O)NCC(N)=O)cc1. The zero-order chi connectivity index (χ0) is 14.0. The molecule has 0 aliphatic rings. The largest absolute Gasteiger partial charge is 0.369 e. The normalized spacial score (nSPS) is 12.4. The Labute approximate surface area is 107 Å². The highest BCUT2D eigenvalue weighted by Crippen LogP contribution is 2.23. The molecule has 3 N–H and O–H groups in total. The van der Waals surface area contributed by atoms with Gasteiger partial charge in [-0.3, -0.25) is 4.79 Å². The minimum atomic E-state index is -3.67. The summed E-state index contributed by atoms with van der Waals surface area (Å²) in [6.45, 7) is 5.73. The Bertz CT molecular complexity index is 527. The van der Waals surface area contributed by atoms with E-state index < -0.39 is 22.5 Å². The van der Waals surface area contributed by atoms with Crippen LogP contribution in [-0.4, -0.2) is 20.9 Å². The number of primary amides is 1. The molecule has 5 nitrogen and oxygen atoms in total. The lowest BCUT2D eigenvalue weighted by atomic mass is 9.87. The molecule has 0 heterocycles. The standard InChI is InChI=1S/C12H18N2O3S/c1-12(2,3)9-4-6-10(7-5-9)18(16,17)14-8-11(13)15/h4-7,14H,8H2,1-3H3,(H2,13,15). The molecule has 0 radical (unpaired) electrons. The van der Waals surface area contributed by atoms with Crippen LogP contribution < -0.4 is 10.5 Å². The highest BCUT2D eigenvalue weighted by atomic mass is 32.2. The minimum absolute atomic E-state index is 0.0387. The number of amides is 1. The molecule has 18 heavy (non-hydrogen) atoms. The summed E-state index contributed by atoms with van der Waals surface area (Å²) in [7, 11) is -3.67. The van der Waals surface area contributed by atoms with E-state index in [1.54, 1.807) is 12.1 Å². The van der Waals surface area contributed by atoms with Gasteiger partial charge in [0.05, 0.1) is 11.4 Å². The van der Waals surface area contributed by atoms with E-state index in [0.29, 0.717) is 0 Å². The molecule has 100 valence electrons. The number of hydrogen-bond acceptors (Lipinski definition) is 3. The molecule has 0 aromatic heterocycles. The fourth-order valence-corrected chi connectivity index (χ4v) is 2.38. The van der Waals surface area contributed by atoms with Gasteiger partial charge in [-0.15, -0.1) is 0 Å². The molecule has 1 rings (SSSR count). The topological polar surface area (TPSA) is 89.3 Å².